The molecule has 0 spiro atoms. The first-order chi connectivity index (χ1) is 10.2. The summed E-state index contributed by atoms with van der Waals surface area (Å²) in [6.07, 6.45) is 0. The Bertz CT molecular complexity index is 650. The van der Waals surface area contributed by atoms with Crippen LogP contribution in [0.3, 0.4) is 0 Å². The first kappa shape index (κ1) is 15.0. The van der Waals surface area contributed by atoms with E-state index in [4.69, 9.17) is 4.74 Å². The van der Waals surface area contributed by atoms with E-state index in [-0.39, 0.29) is 5.56 Å². The van der Waals surface area contributed by atoms with E-state index in [1.807, 2.05) is 37.3 Å². The Hall–Kier alpha value is -2.40. The van der Waals surface area contributed by atoms with Gasteiger partial charge in [-0.15, -0.1) is 0 Å². The predicted molar refractivity (Wildman–Crippen MR) is 81.3 cm³/mol. The highest BCUT2D eigenvalue weighted by molar-refractivity contribution is 5.94. The number of benzene rings is 1. The number of nitrogens with one attached hydrogen (secondary N) is 2. The van der Waals surface area contributed by atoms with E-state index in [1.54, 1.807) is 6.07 Å². The summed E-state index contributed by atoms with van der Waals surface area (Å²) in [5.74, 6) is -0.393. The lowest BCUT2D eigenvalue weighted by Gasteiger charge is -2.06. The lowest BCUT2D eigenvalue weighted by Crippen LogP contribution is -2.32. The molecule has 1 aromatic carbocycles. The van der Waals surface area contributed by atoms with Gasteiger partial charge >= 0.3 is 0 Å². The zero-order valence-electron chi connectivity index (χ0n) is 11.9. The van der Waals surface area contributed by atoms with Crippen LogP contribution in [-0.4, -0.2) is 30.6 Å². The second kappa shape index (κ2) is 7.40. The molecule has 0 radical (unpaired) electrons. The maximum atomic E-state index is 12.0. The second-order valence-electron chi connectivity index (χ2n) is 4.43. The van der Waals surface area contributed by atoms with Crippen molar-refractivity contribution in [2.75, 3.05) is 19.8 Å². The fraction of sp³-hybridized carbons (Fsp3) is 0.250. The fourth-order valence-electron chi connectivity index (χ4n) is 1.91. The van der Waals surface area contributed by atoms with Gasteiger partial charge in [0.15, 0.2) is 0 Å². The lowest BCUT2D eigenvalue weighted by molar-refractivity contribution is 0.0921. The Labute approximate surface area is 123 Å². The number of carbonyl (C=O) groups excluding carboxylic acids is 1. The van der Waals surface area contributed by atoms with Gasteiger partial charge in [-0.05, 0) is 24.6 Å². The van der Waals surface area contributed by atoms with E-state index in [9.17, 15) is 9.59 Å². The van der Waals surface area contributed by atoms with Crippen LogP contribution in [0.15, 0.2) is 47.3 Å². The van der Waals surface area contributed by atoms with Crippen LogP contribution in [0, 0.1) is 0 Å². The van der Waals surface area contributed by atoms with E-state index in [1.165, 1.54) is 6.07 Å². The van der Waals surface area contributed by atoms with Crippen molar-refractivity contribution in [2.24, 2.45) is 0 Å². The van der Waals surface area contributed by atoms with Crippen molar-refractivity contribution in [3.63, 3.8) is 0 Å². The molecule has 2 N–H and O–H groups in total. The molecule has 0 fully saturated rings. The monoisotopic (exact) mass is 286 g/mol. The summed E-state index contributed by atoms with van der Waals surface area (Å²) in [4.78, 5) is 26.6. The average molecular weight is 286 g/mol. The summed E-state index contributed by atoms with van der Waals surface area (Å²) in [5.41, 5.74) is 1.29. The molecule has 0 atom stereocenters. The van der Waals surface area contributed by atoms with Crippen molar-refractivity contribution in [3.05, 3.63) is 58.4 Å². The number of amides is 1. The zero-order valence-corrected chi connectivity index (χ0v) is 11.9. The summed E-state index contributed by atoms with van der Waals surface area (Å²) in [7, 11) is 0. The molecule has 0 aliphatic heterocycles. The van der Waals surface area contributed by atoms with Gasteiger partial charge in [0.25, 0.3) is 11.5 Å². The topological polar surface area (TPSA) is 71.2 Å². The number of hydrogen-bond acceptors (Lipinski definition) is 3. The van der Waals surface area contributed by atoms with Crippen LogP contribution < -0.4 is 10.9 Å². The van der Waals surface area contributed by atoms with E-state index in [0.717, 1.165) is 5.56 Å². The SMILES string of the molecule is CCOCCNC(=O)c1ccc(-c2ccccc2)[nH]c1=O. The highest BCUT2D eigenvalue weighted by atomic mass is 16.5. The maximum absolute atomic E-state index is 12.0. The molecule has 1 aromatic heterocycles. The number of hydrogen-bond donors (Lipinski definition) is 2. The van der Waals surface area contributed by atoms with Crippen LogP contribution in [0.25, 0.3) is 11.3 Å². The van der Waals surface area contributed by atoms with Gasteiger partial charge in [0.1, 0.15) is 5.56 Å². The zero-order chi connectivity index (χ0) is 15.1. The predicted octanol–water partition coefficient (Wildman–Crippen LogP) is 1.81. The molecule has 0 saturated heterocycles. The van der Waals surface area contributed by atoms with Crippen LogP contribution in [0.5, 0.6) is 0 Å². The van der Waals surface area contributed by atoms with Crippen LogP contribution in [0.1, 0.15) is 17.3 Å². The normalized spacial score (nSPS) is 10.3. The molecule has 0 saturated carbocycles. The summed E-state index contributed by atoms with van der Waals surface area (Å²) in [5, 5.41) is 2.65. The minimum Gasteiger partial charge on any atom is -0.380 e. The molecule has 1 heterocycles. The van der Waals surface area contributed by atoms with Crippen molar-refractivity contribution in [2.45, 2.75) is 6.92 Å². The van der Waals surface area contributed by atoms with Gasteiger partial charge in [0.2, 0.25) is 0 Å². The number of ether oxygens (including phenoxy) is 1. The van der Waals surface area contributed by atoms with Crippen molar-refractivity contribution in [1.82, 2.24) is 10.3 Å². The smallest absolute Gasteiger partial charge is 0.261 e. The Balaban J connectivity index is 2.09. The number of aromatic amines is 1. The Kier molecular flexibility index (Phi) is 5.29. The van der Waals surface area contributed by atoms with Gasteiger partial charge in [0.05, 0.1) is 6.61 Å². The van der Waals surface area contributed by atoms with Crippen LogP contribution in [-0.2, 0) is 4.74 Å². The maximum Gasteiger partial charge on any atom is 0.261 e. The van der Waals surface area contributed by atoms with E-state index in [0.29, 0.717) is 25.5 Å². The standard InChI is InChI=1S/C16H18N2O3/c1-2-21-11-10-17-15(19)13-8-9-14(18-16(13)20)12-6-4-3-5-7-12/h3-9H,2,10-11H2,1H3,(H,17,19)(H,18,20). The van der Waals surface area contributed by atoms with Crippen molar-refractivity contribution >= 4 is 5.91 Å². The molecule has 5 nitrogen and oxygen atoms in total. The van der Waals surface area contributed by atoms with Gasteiger partial charge in [-0.25, -0.2) is 0 Å². The minimum absolute atomic E-state index is 0.103. The Morgan fingerprint density at radius 1 is 1.19 bits per heavy atom. The molecule has 21 heavy (non-hydrogen) atoms. The molecule has 0 aliphatic rings. The molecule has 2 aromatic rings. The molecular weight excluding hydrogens is 268 g/mol. The first-order valence-electron chi connectivity index (χ1n) is 6.87. The largest absolute Gasteiger partial charge is 0.380 e. The molecule has 0 aliphatic carbocycles. The second-order valence-corrected chi connectivity index (χ2v) is 4.43. The average Bonchev–Trinajstić information content (AvgIpc) is 2.52. The number of H-pyrrole nitrogens is 1. The third-order valence-electron chi connectivity index (χ3n) is 2.97. The quantitative estimate of drug-likeness (QED) is 0.796. The van der Waals surface area contributed by atoms with Gasteiger partial charge in [-0.1, -0.05) is 30.3 Å². The highest BCUT2D eigenvalue weighted by Crippen LogP contribution is 2.14. The minimum atomic E-state index is -0.398. The van der Waals surface area contributed by atoms with Gasteiger partial charge in [0, 0.05) is 18.8 Å². The Morgan fingerprint density at radius 2 is 1.95 bits per heavy atom. The third-order valence-corrected chi connectivity index (χ3v) is 2.97. The molecule has 0 unspecified atom stereocenters. The van der Waals surface area contributed by atoms with Gasteiger partial charge < -0.3 is 15.0 Å². The van der Waals surface area contributed by atoms with Gasteiger partial charge in [-0.3, -0.25) is 9.59 Å². The summed E-state index contributed by atoms with van der Waals surface area (Å²) >= 11 is 0. The van der Waals surface area contributed by atoms with E-state index in [2.05, 4.69) is 10.3 Å². The van der Waals surface area contributed by atoms with E-state index >= 15 is 0 Å². The molecule has 2 rings (SSSR count). The number of pyridine rings is 1. The molecule has 1 amide bonds. The number of aromatic nitrogens is 1. The molecule has 110 valence electrons. The molecule has 5 heteroatoms. The van der Waals surface area contributed by atoms with Crippen LogP contribution in [0.4, 0.5) is 0 Å². The van der Waals surface area contributed by atoms with E-state index < -0.39 is 11.5 Å². The van der Waals surface area contributed by atoms with Crippen LogP contribution >= 0.6 is 0 Å². The van der Waals surface area contributed by atoms with Crippen molar-refractivity contribution in [1.29, 1.82) is 0 Å². The Morgan fingerprint density at radius 3 is 2.62 bits per heavy atom. The summed E-state index contributed by atoms with van der Waals surface area (Å²) < 4.78 is 5.13. The first-order valence-corrected chi connectivity index (χ1v) is 6.87. The van der Waals surface area contributed by atoms with Crippen molar-refractivity contribution < 1.29 is 9.53 Å². The number of carbonyl (C=O) groups is 1. The molecular formula is C16H18N2O3. The van der Waals surface area contributed by atoms with Gasteiger partial charge in [-0.2, -0.15) is 0 Å². The number of rotatable bonds is 6. The highest BCUT2D eigenvalue weighted by Gasteiger charge is 2.10. The summed E-state index contributed by atoms with van der Waals surface area (Å²) in [6, 6.07) is 12.7. The molecule has 0 bridgehead atoms. The lowest BCUT2D eigenvalue weighted by atomic mass is 10.1. The fourth-order valence-corrected chi connectivity index (χ4v) is 1.91. The third kappa shape index (κ3) is 4.03. The van der Waals surface area contributed by atoms with Crippen LogP contribution in [0.2, 0.25) is 0 Å². The summed E-state index contributed by atoms with van der Waals surface area (Å²) in [6.45, 7) is 3.30. The van der Waals surface area contributed by atoms with Crippen molar-refractivity contribution in [3.8, 4) is 11.3 Å².